The quantitative estimate of drug-likeness (QED) is 0.278. The van der Waals surface area contributed by atoms with E-state index in [1.54, 1.807) is 0 Å². The van der Waals surface area contributed by atoms with E-state index >= 15 is 0 Å². The van der Waals surface area contributed by atoms with Gasteiger partial charge < -0.3 is 49.6 Å². The van der Waals surface area contributed by atoms with Crippen molar-refractivity contribution in [1.29, 1.82) is 0 Å². The van der Waals surface area contributed by atoms with Gasteiger partial charge in [-0.05, 0) is 18.2 Å². The average Bonchev–Trinajstić information content (AvgIpc) is 2.78. The Morgan fingerprint density at radius 3 is 2.36 bits per heavy atom. The summed E-state index contributed by atoms with van der Waals surface area (Å²) in [7, 11) is 1.35. The predicted molar refractivity (Wildman–Crippen MR) is 112 cm³/mol. The third kappa shape index (κ3) is 3.75. The number of phenolic OH excluding ortho intramolecular Hbond substituents is 3. The van der Waals surface area contributed by atoms with Crippen LogP contribution in [0.5, 0.6) is 23.0 Å². The zero-order valence-corrected chi connectivity index (χ0v) is 17.2. The number of hydrogen-bond acceptors (Lipinski definition) is 11. The third-order valence-electron chi connectivity index (χ3n) is 5.65. The van der Waals surface area contributed by atoms with Crippen LogP contribution in [0, 0.1) is 0 Å². The van der Waals surface area contributed by atoms with Gasteiger partial charge in [-0.25, -0.2) is 0 Å². The van der Waals surface area contributed by atoms with Gasteiger partial charge >= 0.3 is 0 Å². The summed E-state index contributed by atoms with van der Waals surface area (Å²) in [6, 6.07) is 6.37. The van der Waals surface area contributed by atoms with Crippen LogP contribution in [-0.4, -0.2) is 73.9 Å². The van der Waals surface area contributed by atoms with E-state index in [1.165, 1.54) is 25.3 Å². The lowest BCUT2D eigenvalue weighted by Crippen LogP contribution is -2.55. The van der Waals surface area contributed by atoms with E-state index in [0.717, 1.165) is 12.1 Å². The molecule has 0 saturated carbocycles. The van der Waals surface area contributed by atoms with Gasteiger partial charge in [-0.2, -0.15) is 0 Å². The van der Waals surface area contributed by atoms with Crippen molar-refractivity contribution >= 4 is 11.0 Å². The van der Waals surface area contributed by atoms with Gasteiger partial charge in [0, 0.05) is 17.7 Å². The van der Waals surface area contributed by atoms with E-state index in [2.05, 4.69) is 0 Å². The van der Waals surface area contributed by atoms with Crippen LogP contribution in [0.4, 0.5) is 0 Å². The molecule has 0 radical (unpaired) electrons. The molecule has 1 aromatic heterocycles. The normalized spacial score (nSPS) is 25.3. The summed E-state index contributed by atoms with van der Waals surface area (Å²) in [5.41, 5.74) is -0.916. The van der Waals surface area contributed by atoms with Crippen molar-refractivity contribution in [3.05, 3.63) is 46.1 Å². The van der Waals surface area contributed by atoms with E-state index in [9.17, 15) is 40.5 Å². The molecule has 11 heteroatoms. The molecule has 2 heterocycles. The second-order valence-electron chi connectivity index (χ2n) is 7.64. The number of fused-ring (bicyclic) bond motifs is 1. The van der Waals surface area contributed by atoms with E-state index in [0.29, 0.717) is 5.56 Å². The maximum absolute atomic E-state index is 12.9. The highest BCUT2D eigenvalue weighted by atomic mass is 16.5. The number of methoxy groups -OCH3 is 1. The van der Waals surface area contributed by atoms with Gasteiger partial charge in [0.2, 0.25) is 0 Å². The van der Waals surface area contributed by atoms with Crippen molar-refractivity contribution in [3.63, 3.8) is 0 Å². The van der Waals surface area contributed by atoms with Crippen molar-refractivity contribution in [2.75, 3.05) is 13.7 Å². The molecule has 4 rings (SSSR count). The van der Waals surface area contributed by atoms with E-state index in [-0.39, 0.29) is 28.2 Å². The molecule has 1 saturated heterocycles. The van der Waals surface area contributed by atoms with Crippen LogP contribution in [0.25, 0.3) is 22.3 Å². The monoisotopic (exact) mass is 462 g/mol. The highest BCUT2D eigenvalue weighted by Gasteiger charge is 2.46. The van der Waals surface area contributed by atoms with Crippen LogP contribution in [0.2, 0.25) is 0 Å². The van der Waals surface area contributed by atoms with Crippen molar-refractivity contribution in [3.8, 4) is 34.3 Å². The molecular weight excluding hydrogens is 440 g/mol. The molecule has 0 aliphatic carbocycles. The van der Waals surface area contributed by atoms with Gasteiger partial charge in [-0.3, -0.25) is 4.79 Å². The van der Waals surface area contributed by atoms with E-state index in [1.807, 2.05) is 0 Å². The summed E-state index contributed by atoms with van der Waals surface area (Å²) < 4.78 is 16.1. The minimum atomic E-state index is -1.78. The molecule has 3 aromatic rings. The molecule has 0 bridgehead atoms. The highest BCUT2D eigenvalue weighted by Crippen LogP contribution is 2.44. The first-order valence-electron chi connectivity index (χ1n) is 9.88. The van der Waals surface area contributed by atoms with Crippen LogP contribution in [0.1, 0.15) is 11.7 Å². The summed E-state index contributed by atoms with van der Waals surface area (Å²) in [6.07, 6.45) is -8.02. The summed E-state index contributed by atoms with van der Waals surface area (Å²) in [5, 5.41) is 70.6. The number of aliphatic hydroxyl groups is 4. The lowest BCUT2D eigenvalue weighted by atomic mass is 9.89. The summed E-state index contributed by atoms with van der Waals surface area (Å²) in [6.45, 7) is -0.710. The fourth-order valence-corrected chi connectivity index (χ4v) is 3.90. The lowest BCUT2D eigenvalue weighted by molar-refractivity contribution is -0.232. The SMILES string of the molecule is COc1cc(-c2cc(=O)c3c(O)c([C@H]4O[C@@H](CO)[C@@H](O)[C@H](O)[C@@H]4O)c(O)cc3o2)ccc1O. The molecule has 7 N–H and O–H groups in total. The molecule has 0 unspecified atom stereocenters. The fraction of sp³-hybridized carbons (Fsp3) is 0.318. The van der Waals surface area contributed by atoms with E-state index < -0.39 is 59.6 Å². The van der Waals surface area contributed by atoms with E-state index in [4.69, 9.17) is 13.9 Å². The minimum Gasteiger partial charge on any atom is -0.507 e. The Balaban J connectivity index is 1.85. The number of aromatic hydroxyl groups is 3. The first-order valence-corrected chi connectivity index (χ1v) is 9.88. The van der Waals surface area contributed by atoms with Crippen LogP contribution in [-0.2, 0) is 4.74 Å². The molecule has 11 nitrogen and oxygen atoms in total. The zero-order chi connectivity index (χ0) is 24.0. The van der Waals surface area contributed by atoms with Gasteiger partial charge in [0.05, 0.1) is 19.3 Å². The Kier molecular flexibility index (Phi) is 5.91. The summed E-state index contributed by atoms with van der Waals surface area (Å²) in [5.74, 6) is -1.29. The van der Waals surface area contributed by atoms with Crippen LogP contribution in [0.15, 0.2) is 39.5 Å². The molecular formula is C22H22O11. The maximum Gasteiger partial charge on any atom is 0.197 e. The number of hydrogen-bond donors (Lipinski definition) is 7. The number of rotatable bonds is 4. The molecule has 1 fully saturated rings. The average molecular weight is 462 g/mol. The lowest BCUT2D eigenvalue weighted by Gasteiger charge is -2.40. The zero-order valence-electron chi connectivity index (χ0n) is 17.2. The minimum absolute atomic E-state index is 0.0604. The predicted octanol–water partition coefficient (Wildman–Crippen LogP) is 0.100. The van der Waals surface area contributed by atoms with Crippen LogP contribution in [0.3, 0.4) is 0 Å². The third-order valence-corrected chi connectivity index (χ3v) is 5.65. The summed E-state index contributed by atoms with van der Waals surface area (Å²) in [4.78, 5) is 12.9. The molecule has 1 aliphatic rings. The van der Waals surface area contributed by atoms with Crippen molar-refractivity contribution in [1.82, 2.24) is 0 Å². The molecule has 5 atom stereocenters. The van der Waals surface area contributed by atoms with Gasteiger partial charge in [0.15, 0.2) is 16.9 Å². The second-order valence-corrected chi connectivity index (χ2v) is 7.64. The molecule has 0 amide bonds. The first kappa shape index (κ1) is 22.8. The fourth-order valence-electron chi connectivity index (χ4n) is 3.90. The Bertz CT molecular complexity index is 1250. The van der Waals surface area contributed by atoms with Gasteiger partial charge in [0.25, 0.3) is 0 Å². The Labute approximate surface area is 185 Å². The van der Waals surface area contributed by atoms with Gasteiger partial charge in [-0.1, -0.05) is 0 Å². The molecule has 1 aliphatic heterocycles. The van der Waals surface area contributed by atoms with Crippen molar-refractivity contribution in [2.45, 2.75) is 30.5 Å². The number of phenols is 3. The molecule has 33 heavy (non-hydrogen) atoms. The number of aliphatic hydroxyl groups excluding tert-OH is 4. The molecule has 0 spiro atoms. The topological polar surface area (TPSA) is 190 Å². The number of ether oxygens (including phenoxy) is 2. The Hall–Kier alpha value is -3.35. The van der Waals surface area contributed by atoms with Crippen LogP contribution >= 0.6 is 0 Å². The van der Waals surface area contributed by atoms with Crippen molar-refractivity contribution in [2.24, 2.45) is 0 Å². The van der Waals surface area contributed by atoms with Gasteiger partial charge in [0.1, 0.15) is 58.7 Å². The molecule has 176 valence electrons. The summed E-state index contributed by atoms with van der Waals surface area (Å²) >= 11 is 0. The molecule has 2 aromatic carbocycles. The second kappa shape index (κ2) is 8.54. The van der Waals surface area contributed by atoms with Crippen molar-refractivity contribution < 1.29 is 49.6 Å². The largest absolute Gasteiger partial charge is 0.507 e. The highest BCUT2D eigenvalue weighted by molar-refractivity contribution is 5.88. The van der Waals surface area contributed by atoms with Gasteiger partial charge in [-0.15, -0.1) is 0 Å². The van der Waals surface area contributed by atoms with Crippen LogP contribution < -0.4 is 10.2 Å². The number of benzene rings is 2. The standard InChI is InChI=1S/C22H22O11/c1-31-13-4-8(2-3-9(13)24)12-5-10(25)16-14(32-12)6-11(26)17(19(16)28)22-21(30)20(29)18(27)15(7-23)33-22/h2-6,15,18,20-24,26-30H,7H2,1H3/t15-,18+,20-,21-,22+/m0/s1. The maximum atomic E-state index is 12.9. The smallest absolute Gasteiger partial charge is 0.197 e. The Morgan fingerprint density at radius 2 is 1.70 bits per heavy atom. The Morgan fingerprint density at radius 1 is 0.970 bits per heavy atom. The first-order chi connectivity index (χ1) is 15.7.